The molecule has 2 aromatic carbocycles. The number of hydrogen-bond donors (Lipinski definition) is 3. The topological polar surface area (TPSA) is 165 Å². The Labute approximate surface area is 263 Å². The van der Waals surface area contributed by atoms with Crippen molar-refractivity contribution in [1.29, 1.82) is 0 Å². The van der Waals surface area contributed by atoms with Crippen LogP contribution in [0.5, 0.6) is 11.5 Å². The van der Waals surface area contributed by atoms with Crippen molar-refractivity contribution < 1.29 is 23.9 Å². The van der Waals surface area contributed by atoms with Crippen molar-refractivity contribution in [1.82, 2.24) is 46.0 Å². The normalized spacial score (nSPS) is 18.7. The second-order valence-electron chi connectivity index (χ2n) is 10.9. The Kier molecular flexibility index (Phi) is 9.26. The lowest BCUT2D eigenvalue weighted by atomic mass is 10.1. The van der Waals surface area contributed by atoms with E-state index in [9.17, 15) is 14.4 Å². The summed E-state index contributed by atoms with van der Waals surface area (Å²) in [5.74, 6) is -0.219. The molecular weight excluding hydrogens is 598 g/mol. The number of nitrogens with zero attached hydrogens (tertiary/aromatic N) is 6. The Morgan fingerprint density at radius 3 is 2.76 bits per heavy atom. The average molecular weight is 632 g/mol. The molecule has 0 unspecified atom stereocenters. The zero-order chi connectivity index (χ0) is 31.2. The first-order valence-corrected chi connectivity index (χ1v) is 15.4. The zero-order valence-electron chi connectivity index (χ0n) is 24.6. The minimum absolute atomic E-state index is 0.228. The second-order valence-corrected chi connectivity index (χ2v) is 12.1. The molecule has 2 atom stereocenters. The van der Waals surface area contributed by atoms with Gasteiger partial charge in [-0.25, -0.2) is 0 Å². The van der Waals surface area contributed by atoms with E-state index >= 15 is 0 Å². The van der Waals surface area contributed by atoms with Crippen LogP contribution in [0.25, 0.3) is 0 Å². The summed E-state index contributed by atoms with van der Waals surface area (Å²) in [7, 11) is 0. The summed E-state index contributed by atoms with van der Waals surface area (Å²) in [4.78, 5) is 41.5. The summed E-state index contributed by atoms with van der Waals surface area (Å²) >= 11 is 1.54. The Balaban J connectivity index is 1.22. The molecule has 4 bridgehead atoms. The summed E-state index contributed by atoms with van der Waals surface area (Å²) in [6, 6.07) is 11.7. The molecule has 1 fully saturated rings. The standard InChI is InChI=1S/C30H33N9O5S/c1-19-35-36-28(45-19)17-38-15-25-26(16-38)44-23-5-3-20(4-6-23)14-32-27(40)18-43-24-12-21(11-22(13-24)30(42)34-25)29(41)31-7-2-9-39-10-8-33-37-39/h3-6,8,10-13,25-26H,2,7,9,14-18H2,1H3,(H,31,41)(H,32,40)(H,34,42)/t25-,26-/m0/s1. The molecule has 0 aliphatic carbocycles. The Morgan fingerprint density at radius 1 is 1.11 bits per heavy atom. The summed E-state index contributed by atoms with van der Waals surface area (Å²) in [5.41, 5.74) is 1.36. The first-order valence-electron chi connectivity index (χ1n) is 14.6. The minimum Gasteiger partial charge on any atom is -0.487 e. The number of nitrogens with one attached hydrogen (secondary N) is 3. The van der Waals surface area contributed by atoms with Crippen molar-refractivity contribution in [3.05, 3.63) is 81.6 Å². The van der Waals surface area contributed by atoms with Crippen LogP contribution in [-0.4, -0.2) is 86.2 Å². The highest BCUT2D eigenvalue weighted by Gasteiger charge is 2.36. The number of hydrogen-bond acceptors (Lipinski definition) is 11. The monoisotopic (exact) mass is 631 g/mol. The van der Waals surface area contributed by atoms with E-state index in [-0.39, 0.29) is 47.4 Å². The van der Waals surface area contributed by atoms with Gasteiger partial charge in [-0.3, -0.25) is 24.0 Å². The number of ether oxygens (including phenoxy) is 2. The first kappa shape index (κ1) is 30.1. The SMILES string of the molecule is Cc1nnc(CN2C[C@@H]3NC(=O)c4cc(cc(C(=O)NCCCn5ccnn5)c4)OCC(=O)NCc4ccc(cc4)O[C@H]3C2)s1. The first-order chi connectivity index (χ1) is 21.9. The summed E-state index contributed by atoms with van der Waals surface area (Å²) in [6.07, 6.45) is 3.63. The lowest BCUT2D eigenvalue weighted by molar-refractivity contribution is -0.123. The number of aryl methyl sites for hydroxylation is 2. The lowest BCUT2D eigenvalue weighted by Gasteiger charge is -2.22. The zero-order valence-corrected chi connectivity index (χ0v) is 25.5. The third-order valence-corrected chi connectivity index (χ3v) is 8.23. The molecule has 2 aromatic heterocycles. The molecule has 45 heavy (non-hydrogen) atoms. The van der Waals surface area contributed by atoms with E-state index in [1.165, 1.54) is 29.5 Å². The van der Waals surface area contributed by atoms with Gasteiger partial charge in [0.2, 0.25) is 0 Å². The molecule has 3 aliphatic rings. The maximum absolute atomic E-state index is 13.7. The molecule has 0 radical (unpaired) electrons. The van der Waals surface area contributed by atoms with E-state index < -0.39 is 5.91 Å². The van der Waals surface area contributed by atoms with E-state index in [1.807, 2.05) is 31.2 Å². The van der Waals surface area contributed by atoms with Gasteiger partial charge < -0.3 is 25.4 Å². The summed E-state index contributed by atoms with van der Waals surface area (Å²) < 4.78 is 13.8. The van der Waals surface area contributed by atoms with Gasteiger partial charge in [-0.2, -0.15) is 0 Å². The Bertz CT molecular complexity index is 1640. The highest BCUT2D eigenvalue weighted by Crippen LogP contribution is 2.24. The van der Waals surface area contributed by atoms with Gasteiger partial charge in [-0.05, 0) is 49.2 Å². The molecule has 4 aromatic rings. The number of aromatic nitrogens is 5. The van der Waals surface area contributed by atoms with Crippen LogP contribution < -0.4 is 25.4 Å². The molecule has 14 nitrogen and oxygen atoms in total. The number of rotatable bonds is 7. The van der Waals surface area contributed by atoms with E-state index in [1.54, 1.807) is 17.1 Å². The number of carbonyl (C=O) groups excluding carboxylic acids is 3. The maximum Gasteiger partial charge on any atom is 0.258 e. The maximum atomic E-state index is 13.7. The number of amides is 3. The van der Waals surface area contributed by atoms with Crippen LogP contribution in [-0.2, 0) is 24.4 Å². The number of benzene rings is 2. The molecule has 5 heterocycles. The molecule has 0 spiro atoms. The smallest absolute Gasteiger partial charge is 0.258 e. The van der Waals surface area contributed by atoms with Gasteiger partial charge in [0, 0.05) is 50.0 Å². The van der Waals surface area contributed by atoms with Crippen LogP contribution in [0.4, 0.5) is 0 Å². The van der Waals surface area contributed by atoms with E-state index in [0.29, 0.717) is 51.4 Å². The fourth-order valence-electron chi connectivity index (χ4n) is 5.19. The van der Waals surface area contributed by atoms with Gasteiger partial charge >= 0.3 is 0 Å². The fraction of sp³-hybridized carbons (Fsp3) is 0.367. The molecule has 1 saturated heterocycles. The van der Waals surface area contributed by atoms with Gasteiger partial charge in [0.1, 0.15) is 27.6 Å². The molecule has 3 N–H and O–H groups in total. The molecule has 3 aliphatic heterocycles. The highest BCUT2D eigenvalue weighted by molar-refractivity contribution is 7.11. The van der Waals surface area contributed by atoms with Crippen molar-refractivity contribution in [2.24, 2.45) is 0 Å². The van der Waals surface area contributed by atoms with Crippen molar-refractivity contribution >= 4 is 29.1 Å². The van der Waals surface area contributed by atoms with E-state index in [4.69, 9.17) is 9.47 Å². The second kappa shape index (κ2) is 13.8. The summed E-state index contributed by atoms with van der Waals surface area (Å²) in [6.45, 7) is 4.60. The van der Waals surface area contributed by atoms with Crippen LogP contribution in [0, 0.1) is 6.92 Å². The van der Waals surface area contributed by atoms with Crippen molar-refractivity contribution in [2.75, 3.05) is 26.2 Å². The Hall–Kier alpha value is -4.89. The third kappa shape index (κ3) is 7.99. The van der Waals surface area contributed by atoms with Crippen molar-refractivity contribution in [3.63, 3.8) is 0 Å². The number of fused-ring (bicyclic) bond motifs is 7. The van der Waals surface area contributed by atoms with Crippen molar-refractivity contribution in [2.45, 2.75) is 45.1 Å². The summed E-state index contributed by atoms with van der Waals surface area (Å²) in [5, 5.41) is 26.7. The van der Waals surface area contributed by atoms with Gasteiger partial charge in [-0.1, -0.05) is 17.3 Å². The van der Waals surface area contributed by atoms with Gasteiger partial charge in [-0.15, -0.1) is 26.6 Å². The van der Waals surface area contributed by atoms with Crippen LogP contribution in [0.1, 0.15) is 42.7 Å². The predicted octanol–water partition coefficient (Wildman–Crippen LogP) is 1.33. The predicted molar refractivity (Wildman–Crippen MR) is 163 cm³/mol. The molecule has 0 saturated carbocycles. The molecule has 7 rings (SSSR count). The number of likely N-dealkylation sites (tertiary alicyclic amines) is 1. The average Bonchev–Trinajstić information content (AvgIpc) is 3.79. The quantitative estimate of drug-likeness (QED) is 0.253. The van der Waals surface area contributed by atoms with Gasteiger partial charge in [0.25, 0.3) is 17.7 Å². The third-order valence-electron chi connectivity index (χ3n) is 7.41. The molecule has 234 valence electrons. The van der Waals surface area contributed by atoms with Crippen molar-refractivity contribution in [3.8, 4) is 11.5 Å². The number of carbonyl (C=O) groups is 3. The minimum atomic E-state index is -0.392. The molecular formula is C30H33N9O5S. The molecule has 15 heteroatoms. The highest BCUT2D eigenvalue weighted by atomic mass is 32.1. The molecule has 3 amide bonds. The van der Waals surface area contributed by atoms with Crippen LogP contribution in [0.3, 0.4) is 0 Å². The largest absolute Gasteiger partial charge is 0.487 e. The Morgan fingerprint density at radius 2 is 1.98 bits per heavy atom. The lowest BCUT2D eigenvalue weighted by Crippen LogP contribution is -2.45. The van der Waals surface area contributed by atoms with Crippen LogP contribution in [0.2, 0.25) is 0 Å². The van der Waals surface area contributed by atoms with Crippen LogP contribution in [0.15, 0.2) is 54.9 Å². The van der Waals surface area contributed by atoms with Gasteiger partial charge in [0.05, 0.1) is 18.8 Å². The van der Waals surface area contributed by atoms with E-state index in [0.717, 1.165) is 15.6 Å². The van der Waals surface area contributed by atoms with E-state index in [2.05, 4.69) is 41.4 Å². The van der Waals surface area contributed by atoms with Gasteiger partial charge in [0.15, 0.2) is 6.61 Å². The fourth-order valence-corrected chi connectivity index (χ4v) is 5.94. The van der Waals surface area contributed by atoms with Crippen LogP contribution >= 0.6 is 11.3 Å².